The molecule has 0 aromatic heterocycles. The van der Waals surface area contributed by atoms with Gasteiger partial charge in [0.2, 0.25) is 0 Å². The fourth-order valence-electron chi connectivity index (χ4n) is 5.14. The third kappa shape index (κ3) is 6.43. The summed E-state index contributed by atoms with van der Waals surface area (Å²) < 4.78 is 0. The zero-order chi connectivity index (χ0) is 28.6. The molecule has 202 valence electrons. The number of nitrogens with zero attached hydrogens (tertiary/aromatic N) is 2. The van der Waals surface area contributed by atoms with Gasteiger partial charge in [-0.3, -0.25) is 0 Å². The Morgan fingerprint density at radius 1 is 0.325 bits per heavy atom. The number of hydrogen-bond acceptors (Lipinski definition) is 2. The van der Waals surface area contributed by atoms with Gasteiger partial charge < -0.3 is 9.80 Å². The Morgan fingerprint density at radius 3 is 0.850 bits per heavy atom. The molecule has 0 saturated carbocycles. The quantitative estimate of drug-likeness (QED) is 0.190. The maximum Gasteiger partial charge on any atom is 0.0491 e. The van der Waals surface area contributed by atoms with Crippen LogP contribution in [-0.2, 0) is 0 Å². The maximum atomic E-state index is 6.42. The van der Waals surface area contributed by atoms with Crippen LogP contribution in [0.2, 0.25) is 20.1 Å². The van der Waals surface area contributed by atoms with E-state index >= 15 is 0 Å². The summed E-state index contributed by atoms with van der Waals surface area (Å²) in [6, 6.07) is 32.5. The van der Waals surface area contributed by atoms with Crippen molar-refractivity contribution < 1.29 is 0 Å². The highest BCUT2D eigenvalue weighted by molar-refractivity contribution is 6.36. The standard InChI is InChI=1S/C34H28Cl4N2/c1-21-9-22(2)12-31(11-21)39(32-13-23(3)10-24(4)14-32)29-5-7-30(8-6-29)40(33-17-25(35)15-26(36)18-33)34-19-27(37)16-28(38)20-34/h5-20H,1-4H3. The predicted molar refractivity (Wildman–Crippen MR) is 175 cm³/mol. The summed E-state index contributed by atoms with van der Waals surface area (Å²) in [6.07, 6.45) is 0. The van der Waals surface area contributed by atoms with Crippen molar-refractivity contribution in [3.8, 4) is 0 Å². The molecule has 0 aliphatic carbocycles. The summed E-state index contributed by atoms with van der Waals surface area (Å²) in [7, 11) is 0. The summed E-state index contributed by atoms with van der Waals surface area (Å²) in [5, 5.41) is 2.14. The van der Waals surface area contributed by atoms with E-state index in [4.69, 9.17) is 46.4 Å². The largest absolute Gasteiger partial charge is 0.310 e. The van der Waals surface area contributed by atoms with Crippen LogP contribution in [0.3, 0.4) is 0 Å². The lowest BCUT2D eigenvalue weighted by Gasteiger charge is -2.29. The van der Waals surface area contributed by atoms with Crippen LogP contribution in [0.5, 0.6) is 0 Å². The molecular weight excluding hydrogens is 578 g/mol. The Labute approximate surface area is 256 Å². The summed E-state index contributed by atoms with van der Waals surface area (Å²) in [6.45, 7) is 8.51. The molecular formula is C34H28Cl4N2. The second-order valence-corrected chi connectivity index (χ2v) is 11.9. The first-order chi connectivity index (χ1) is 19.0. The fraction of sp³-hybridized carbons (Fsp3) is 0.118. The van der Waals surface area contributed by atoms with Gasteiger partial charge in [-0.2, -0.15) is 0 Å². The van der Waals surface area contributed by atoms with Crippen LogP contribution in [0, 0.1) is 27.7 Å². The highest BCUT2D eigenvalue weighted by atomic mass is 35.5. The van der Waals surface area contributed by atoms with Crippen LogP contribution < -0.4 is 9.80 Å². The van der Waals surface area contributed by atoms with Crippen molar-refractivity contribution in [1.29, 1.82) is 0 Å². The second kappa shape index (κ2) is 11.8. The molecule has 0 atom stereocenters. The van der Waals surface area contributed by atoms with Gasteiger partial charge in [0, 0.05) is 54.2 Å². The van der Waals surface area contributed by atoms with E-state index in [1.807, 2.05) is 29.2 Å². The third-order valence-corrected chi connectivity index (χ3v) is 7.38. The smallest absolute Gasteiger partial charge is 0.0491 e. The molecule has 2 nitrogen and oxygen atoms in total. The topological polar surface area (TPSA) is 6.48 Å². The average molecular weight is 606 g/mol. The number of halogens is 4. The minimum atomic E-state index is 0.535. The SMILES string of the molecule is Cc1cc(C)cc(N(c2ccc(N(c3cc(Cl)cc(Cl)c3)c3cc(Cl)cc(Cl)c3)cc2)c2cc(C)cc(C)c2)c1. The third-order valence-electron chi connectivity index (χ3n) is 6.51. The van der Waals surface area contributed by atoms with Crippen LogP contribution >= 0.6 is 46.4 Å². The second-order valence-electron chi connectivity index (χ2n) is 10.1. The predicted octanol–water partition coefficient (Wildman–Crippen LogP) is 12.5. The van der Waals surface area contributed by atoms with Crippen LogP contribution in [0.1, 0.15) is 22.3 Å². The van der Waals surface area contributed by atoms with Crippen LogP contribution in [0.15, 0.2) is 97.1 Å². The van der Waals surface area contributed by atoms with Gasteiger partial charge in [-0.05, 0) is 135 Å². The van der Waals surface area contributed by atoms with E-state index in [0.29, 0.717) is 20.1 Å². The van der Waals surface area contributed by atoms with Gasteiger partial charge in [0.1, 0.15) is 0 Å². The number of benzene rings is 5. The van der Waals surface area contributed by atoms with Gasteiger partial charge in [0.25, 0.3) is 0 Å². The fourth-order valence-corrected chi connectivity index (χ4v) is 6.17. The molecule has 0 aliphatic rings. The Hall–Kier alpha value is -3.14. The first-order valence-corrected chi connectivity index (χ1v) is 14.4. The highest BCUT2D eigenvalue weighted by Crippen LogP contribution is 2.42. The minimum Gasteiger partial charge on any atom is -0.310 e. The van der Waals surface area contributed by atoms with Crippen molar-refractivity contribution in [2.24, 2.45) is 0 Å². The molecule has 5 rings (SSSR count). The van der Waals surface area contributed by atoms with Gasteiger partial charge in [-0.1, -0.05) is 58.5 Å². The first kappa shape index (κ1) is 28.4. The van der Waals surface area contributed by atoms with E-state index in [1.165, 1.54) is 22.3 Å². The van der Waals surface area contributed by atoms with Crippen molar-refractivity contribution in [2.75, 3.05) is 9.80 Å². The van der Waals surface area contributed by atoms with Crippen molar-refractivity contribution in [3.05, 3.63) is 139 Å². The zero-order valence-corrected chi connectivity index (χ0v) is 25.7. The molecule has 0 aliphatic heterocycles. The van der Waals surface area contributed by atoms with Gasteiger partial charge in [-0.25, -0.2) is 0 Å². The Morgan fingerprint density at radius 2 is 0.575 bits per heavy atom. The number of hydrogen-bond donors (Lipinski definition) is 0. The normalized spacial score (nSPS) is 11.0. The Kier molecular flexibility index (Phi) is 8.35. The summed E-state index contributed by atoms with van der Waals surface area (Å²) in [5.41, 5.74) is 10.6. The van der Waals surface area contributed by atoms with E-state index in [2.05, 4.69) is 93.3 Å². The molecule has 0 fully saturated rings. The van der Waals surface area contributed by atoms with Crippen molar-refractivity contribution >= 4 is 80.5 Å². The van der Waals surface area contributed by atoms with Crippen molar-refractivity contribution in [3.63, 3.8) is 0 Å². The monoisotopic (exact) mass is 604 g/mol. The molecule has 0 amide bonds. The molecule has 0 saturated heterocycles. The molecule has 6 heteroatoms. The van der Waals surface area contributed by atoms with Crippen LogP contribution in [0.25, 0.3) is 0 Å². The summed E-state index contributed by atoms with van der Waals surface area (Å²) >= 11 is 25.7. The van der Waals surface area contributed by atoms with Gasteiger partial charge in [0.15, 0.2) is 0 Å². The Balaban J connectivity index is 1.66. The van der Waals surface area contributed by atoms with E-state index in [1.54, 1.807) is 12.1 Å². The molecule has 0 radical (unpaired) electrons. The molecule has 5 aromatic rings. The van der Waals surface area contributed by atoms with Gasteiger partial charge in [-0.15, -0.1) is 0 Å². The van der Waals surface area contributed by atoms with E-state index < -0.39 is 0 Å². The number of anilines is 6. The van der Waals surface area contributed by atoms with Crippen LogP contribution in [-0.4, -0.2) is 0 Å². The van der Waals surface area contributed by atoms with Crippen molar-refractivity contribution in [2.45, 2.75) is 27.7 Å². The van der Waals surface area contributed by atoms with Gasteiger partial charge in [0.05, 0.1) is 0 Å². The van der Waals surface area contributed by atoms with Gasteiger partial charge >= 0.3 is 0 Å². The average Bonchev–Trinajstić information content (AvgIpc) is 2.83. The Bertz CT molecular complexity index is 1390. The lowest BCUT2D eigenvalue weighted by atomic mass is 10.1. The molecule has 0 spiro atoms. The van der Waals surface area contributed by atoms with E-state index in [0.717, 1.165) is 34.1 Å². The molecule has 5 aromatic carbocycles. The maximum absolute atomic E-state index is 6.42. The lowest BCUT2D eigenvalue weighted by Crippen LogP contribution is -2.13. The molecule has 40 heavy (non-hydrogen) atoms. The molecule has 0 N–H and O–H groups in total. The molecule has 0 heterocycles. The van der Waals surface area contributed by atoms with Crippen molar-refractivity contribution in [1.82, 2.24) is 0 Å². The summed E-state index contributed by atoms with van der Waals surface area (Å²) in [5.74, 6) is 0. The lowest BCUT2D eigenvalue weighted by molar-refractivity contribution is 1.23. The van der Waals surface area contributed by atoms with E-state index in [-0.39, 0.29) is 0 Å². The number of rotatable bonds is 6. The van der Waals surface area contributed by atoms with E-state index in [9.17, 15) is 0 Å². The molecule has 0 unspecified atom stereocenters. The summed E-state index contributed by atoms with van der Waals surface area (Å²) in [4.78, 5) is 4.33. The van der Waals surface area contributed by atoms with Crippen LogP contribution in [0.4, 0.5) is 34.1 Å². The minimum absolute atomic E-state index is 0.535. The molecule has 0 bridgehead atoms. The zero-order valence-electron chi connectivity index (χ0n) is 22.6. The highest BCUT2D eigenvalue weighted by Gasteiger charge is 2.18. The number of aryl methyl sites for hydroxylation is 4. The first-order valence-electron chi connectivity index (χ1n) is 12.8.